The van der Waals surface area contributed by atoms with Crippen LogP contribution in [0.3, 0.4) is 0 Å². The van der Waals surface area contributed by atoms with Crippen molar-refractivity contribution in [2.75, 3.05) is 50.8 Å². The van der Waals surface area contributed by atoms with E-state index in [-0.39, 0.29) is 12.5 Å². The predicted molar refractivity (Wildman–Crippen MR) is 110 cm³/mol. The third kappa shape index (κ3) is 6.00. The van der Waals surface area contributed by atoms with Gasteiger partial charge in [0.05, 0.1) is 0 Å². The molecule has 0 saturated carbocycles. The first-order valence-corrected chi connectivity index (χ1v) is 9.60. The number of hydrogen-bond donors (Lipinski definition) is 1. The largest absolute Gasteiger partial charge is 0.484 e. The zero-order valence-electron chi connectivity index (χ0n) is 16.3. The summed E-state index contributed by atoms with van der Waals surface area (Å²) >= 11 is 0. The Kier molecular flexibility index (Phi) is 6.71. The van der Waals surface area contributed by atoms with Gasteiger partial charge in [-0.25, -0.2) is 0 Å². The zero-order chi connectivity index (χ0) is 19.1. The molecule has 1 saturated heterocycles. The van der Waals surface area contributed by atoms with E-state index in [1.54, 1.807) is 0 Å². The Morgan fingerprint density at radius 1 is 1.00 bits per heavy atom. The molecule has 1 N–H and O–H groups in total. The molecule has 2 aromatic carbocycles. The topological polar surface area (TPSA) is 44.8 Å². The van der Waals surface area contributed by atoms with E-state index in [2.05, 4.69) is 46.3 Å². The lowest BCUT2D eigenvalue weighted by Gasteiger charge is -2.36. The molecule has 1 amide bonds. The molecule has 2 aromatic rings. The monoisotopic (exact) mass is 367 g/mol. The van der Waals surface area contributed by atoms with E-state index in [0.717, 1.165) is 44.0 Å². The van der Waals surface area contributed by atoms with Gasteiger partial charge in [0.25, 0.3) is 5.91 Å². The van der Waals surface area contributed by atoms with E-state index in [0.29, 0.717) is 6.54 Å². The first kappa shape index (κ1) is 19.2. The molecule has 0 spiro atoms. The highest BCUT2D eigenvalue weighted by atomic mass is 16.5. The number of benzene rings is 2. The number of ether oxygens (including phenoxy) is 1. The van der Waals surface area contributed by atoms with Gasteiger partial charge in [-0.3, -0.25) is 9.69 Å². The SMILES string of the molecule is Cc1cccc(OCC(=O)NCCN2CCN(c3cccc(C)c3)CC2)c1. The van der Waals surface area contributed by atoms with Crippen LogP contribution in [0.25, 0.3) is 0 Å². The molecule has 0 aromatic heterocycles. The van der Waals surface area contributed by atoms with Crippen molar-refractivity contribution in [2.45, 2.75) is 13.8 Å². The van der Waals surface area contributed by atoms with Crippen molar-refractivity contribution in [3.8, 4) is 5.75 Å². The molecule has 0 atom stereocenters. The summed E-state index contributed by atoms with van der Waals surface area (Å²) < 4.78 is 5.53. The van der Waals surface area contributed by atoms with Crippen LogP contribution in [0.4, 0.5) is 5.69 Å². The molecule has 0 bridgehead atoms. The molecule has 1 heterocycles. The predicted octanol–water partition coefficient (Wildman–Crippen LogP) is 2.62. The maximum Gasteiger partial charge on any atom is 0.257 e. The number of aryl methyl sites for hydroxylation is 2. The molecule has 3 rings (SSSR count). The molecular weight excluding hydrogens is 338 g/mol. The number of hydrogen-bond acceptors (Lipinski definition) is 4. The number of carbonyl (C=O) groups excluding carboxylic acids is 1. The van der Waals surface area contributed by atoms with Crippen LogP contribution in [0.5, 0.6) is 5.75 Å². The van der Waals surface area contributed by atoms with Gasteiger partial charge in [0.1, 0.15) is 5.75 Å². The van der Waals surface area contributed by atoms with Gasteiger partial charge in [-0.2, -0.15) is 0 Å². The Balaban J connectivity index is 1.32. The van der Waals surface area contributed by atoms with Crippen molar-refractivity contribution in [1.29, 1.82) is 0 Å². The van der Waals surface area contributed by atoms with E-state index < -0.39 is 0 Å². The number of anilines is 1. The fraction of sp³-hybridized carbons (Fsp3) is 0.409. The van der Waals surface area contributed by atoms with Gasteiger partial charge in [-0.15, -0.1) is 0 Å². The minimum atomic E-state index is -0.0742. The van der Waals surface area contributed by atoms with Crippen molar-refractivity contribution in [3.05, 3.63) is 59.7 Å². The summed E-state index contributed by atoms with van der Waals surface area (Å²) in [7, 11) is 0. The van der Waals surface area contributed by atoms with E-state index in [4.69, 9.17) is 4.74 Å². The van der Waals surface area contributed by atoms with Crippen LogP contribution in [0, 0.1) is 13.8 Å². The number of nitrogens with one attached hydrogen (secondary N) is 1. The van der Waals surface area contributed by atoms with Crippen molar-refractivity contribution in [3.63, 3.8) is 0 Å². The van der Waals surface area contributed by atoms with Crippen molar-refractivity contribution in [1.82, 2.24) is 10.2 Å². The summed E-state index contributed by atoms with van der Waals surface area (Å²) in [5.41, 5.74) is 3.72. The van der Waals surface area contributed by atoms with Crippen molar-refractivity contribution in [2.24, 2.45) is 0 Å². The van der Waals surface area contributed by atoms with Gasteiger partial charge >= 0.3 is 0 Å². The lowest BCUT2D eigenvalue weighted by Crippen LogP contribution is -2.48. The molecule has 0 unspecified atom stereocenters. The average Bonchev–Trinajstić information content (AvgIpc) is 2.67. The number of carbonyl (C=O) groups is 1. The molecule has 1 fully saturated rings. The molecule has 0 aliphatic carbocycles. The molecule has 5 nitrogen and oxygen atoms in total. The van der Waals surface area contributed by atoms with Gasteiger partial charge in [0.15, 0.2) is 6.61 Å². The zero-order valence-corrected chi connectivity index (χ0v) is 16.3. The Labute approximate surface area is 161 Å². The van der Waals surface area contributed by atoms with Crippen LogP contribution < -0.4 is 15.0 Å². The van der Waals surface area contributed by atoms with E-state index >= 15 is 0 Å². The fourth-order valence-electron chi connectivity index (χ4n) is 3.31. The van der Waals surface area contributed by atoms with Crippen LogP contribution in [0.15, 0.2) is 48.5 Å². The van der Waals surface area contributed by atoms with Crippen LogP contribution in [0.2, 0.25) is 0 Å². The van der Waals surface area contributed by atoms with Crippen LogP contribution in [-0.2, 0) is 4.79 Å². The Morgan fingerprint density at radius 2 is 1.70 bits per heavy atom. The van der Waals surface area contributed by atoms with Crippen molar-refractivity contribution < 1.29 is 9.53 Å². The van der Waals surface area contributed by atoms with Gasteiger partial charge in [0, 0.05) is 45.0 Å². The highest BCUT2D eigenvalue weighted by molar-refractivity contribution is 5.77. The second kappa shape index (κ2) is 9.42. The third-order valence-corrected chi connectivity index (χ3v) is 4.85. The maximum atomic E-state index is 11.9. The van der Waals surface area contributed by atoms with Crippen molar-refractivity contribution >= 4 is 11.6 Å². The molecule has 5 heteroatoms. The molecule has 0 radical (unpaired) electrons. The Morgan fingerprint density at radius 3 is 2.41 bits per heavy atom. The third-order valence-electron chi connectivity index (χ3n) is 4.85. The maximum absolute atomic E-state index is 11.9. The van der Waals surface area contributed by atoms with Crippen LogP contribution in [0.1, 0.15) is 11.1 Å². The summed E-state index contributed by atoms with van der Waals surface area (Å²) in [5.74, 6) is 0.660. The Bertz CT molecular complexity index is 755. The first-order valence-electron chi connectivity index (χ1n) is 9.60. The van der Waals surface area contributed by atoms with E-state index in [1.165, 1.54) is 11.3 Å². The number of amides is 1. The van der Waals surface area contributed by atoms with E-state index in [9.17, 15) is 4.79 Å². The summed E-state index contributed by atoms with van der Waals surface area (Å²) in [6, 6.07) is 16.4. The first-order chi connectivity index (χ1) is 13.1. The lowest BCUT2D eigenvalue weighted by atomic mass is 10.2. The Hall–Kier alpha value is -2.53. The molecule has 1 aliphatic heterocycles. The minimum Gasteiger partial charge on any atom is -0.484 e. The quantitative estimate of drug-likeness (QED) is 0.817. The highest BCUT2D eigenvalue weighted by Gasteiger charge is 2.17. The average molecular weight is 367 g/mol. The number of piperazine rings is 1. The summed E-state index contributed by atoms with van der Waals surface area (Å²) in [4.78, 5) is 16.8. The second-order valence-corrected chi connectivity index (χ2v) is 7.12. The van der Waals surface area contributed by atoms with Gasteiger partial charge in [-0.05, 0) is 49.2 Å². The van der Waals surface area contributed by atoms with Gasteiger partial charge in [-0.1, -0.05) is 24.3 Å². The number of nitrogens with zero attached hydrogens (tertiary/aromatic N) is 2. The van der Waals surface area contributed by atoms with Crippen LogP contribution in [-0.4, -0.2) is 56.7 Å². The standard InChI is InChI=1S/C22H29N3O2/c1-18-5-3-7-20(15-18)25-13-11-24(12-14-25)10-9-23-22(26)17-27-21-8-4-6-19(2)16-21/h3-8,15-16H,9-14,17H2,1-2H3,(H,23,26). The highest BCUT2D eigenvalue weighted by Crippen LogP contribution is 2.17. The van der Waals surface area contributed by atoms with E-state index in [1.807, 2.05) is 31.2 Å². The fourth-order valence-corrected chi connectivity index (χ4v) is 3.31. The molecule has 1 aliphatic rings. The van der Waals surface area contributed by atoms with Gasteiger partial charge < -0.3 is 15.0 Å². The molecular formula is C22H29N3O2. The van der Waals surface area contributed by atoms with Gasteiger partial charge in [0.2, 0.25) is 0 Å². The summed E-state index contributed by atoms with van der Waals surface area (Å²) in [6.45, 7) is 9.80. The molecule has 144 valence electrons. The smallest absolute Gasteiger partial charge is 0.257 e. The summed E-state index contributed by atoms with van der Waals surface area (Å²) in [6.07, 6.45) is 0. The molecule has 27 heavy (non-hydrogen) atoms. The van der Waals surface area contributed by atoms with Crippen LogP contribution >= 0.6 is 0 Å². The lowest BCUT2D eigenvalue weighted by molar-refractivity contribution is -0.123. The minimum absolute atomic E-state index is 0.0601. The normalized spacial score (nSPS) is 14.8. The number of rotatable bonds is 7. The second-order valence-electron chi connectivity index (χ2n) is 7.12. The summed E-state index contributed by atoms with van der Waals surface area (Å²) in [5, 5.41) is 2.95.